The average Bonchev–Trinajstić information content (AvgIpc) is 3.32. The standard InChI is InChI=1S/C22H46O11.C21H44O11/c1-24-4-2-5-25-7-9-27-11-13-29-15-17-31-19-21-33-22-20-32-18-16-30-14-12-28-10-8-26-6-3-23;1-23-4-5-25-8-9-27-12-13-29-16-17-31-20-21-32-19-18-30-15-14-28-11-10-26-7-6-24-3-2-22/h23H,2-22H2,1H3;22H,2-21H2,1H3. The van der Waals surface area contributed by atoms with Gasteiger partial charge in [0.2, 0.25) is 0 Å². The molecule has 2 N–H and O–H groups in total. The summed E-state index contributed by atoms with van der Waals surface area (Å²) in [6, 6.07) is 0. The van der Waals surface area contributed by atoms with Crippen molar-refractivity contribution in [2.45, 2.75) is 6.42 Å². The Kier molecular flexibility index (Phi) is 68.6. The van der Waals surface area contributed by atoms with Gasteiger partial charge in [0, 0.05) is 27.4 Å². The number of rotatable bonds is 59. The van der Waals surface area contributed by atoms with Gasteiger partial charge in [-0.3, -0.25) is 0 Å². The van der Waals surface area contributed by atoms with E-state index < -0.39 is 0 Å². The van der Waals surface area contributed by atoms with E-state index in [1.165, 1.54) is 0 Å². The molecule has 0 saturated heterocycles. The lowest BCUT2D eigenvalue weighted by Gasteiger charge is -2.08. The predicted octanol–water partition coefficient (Wildman–Crippen LogP) is -0.0609. The number of hydrogen-bond donors (Lipinski definition) is 2. The molecule has 0 aromatic rings. The van der Waals surface area contributed by atoms with Gasteiger partial charge in [-0.25, -0.2) is 0 Å². The zero-order valence-corrected chi connectivity index (χ0v) is 40.1. The maximum absolute atomic E-state index is 8.54. The van der Waals surface area contributed by atoms with Gasteiger partial charge in [-0.2, -0.15) is 0 Å². The average molecular weight is 959 g/mol. The minimum atomic E-state index is 0.0301. The van der Waals surface area contributed by atoms with Crippen molar-refractivity contribution in [3.05, 3.63) is 0 Å². The summed E-state index contributed by atoms with van der Waals surface area (Å²) in [4.78, 5) is 0. The molecule has 394 valence electrons. The van der Waals surface area contributed by atoms with Crippen LogP contribution in [0.3, 0.4) is 0 Å². The molecule has 22 heteroatoms. The summed E-state index contributed by atoms with van der Waals surface area (Å²) in [5.74, 6) is 0. The van der Waals surface area contributed by atoms with Crippen LogP contribution in [-0.2, 0) is 94.7 Å². The zero-order valence-electron chi connectivity index (χ0n) is 40.1. The number of hydrogen-bond acceptors (Lipinski definition) is 22. The van der Waals surface area contributed by atoms with Gasteiger partial charge in [0.25, 0.3) is 0 Å². The maximum atomic E-state index is 8.54. The summed E-state index contributed by atoms with van der Waals surface area (Å²) in [7, 11) is 3.32. The van der Waals surface area contributed by atoms with Crippen LogP contribution in [0.1, 0.15) is 6.42 Å². The third-order valence-corrected chi connectivity index (χ3v) is 7.49. The van der Waals surface area contributed by atoms with Crippen LogP contribution >= 0.6 is 0 Å². The van der Waals surface area contributed by atoms with Crippen molar-refractivity contribution in [2.24, 2.45) is 0 Å². The van der Waals surface area contributed by atoms with E-state index in [9.17, 15) is 0 Å². The highest BCUT2D eigenvalue weighted by Gasteiger charge is 1.98. The number of ether oxygens (including phenoxy) is 20. The van der Waals surface area contributed by atoms with E-state index in [1.807, 2.05) is 0 Å². The molecule has 0 spiro atoms. The minimum Gasteiger partial charge on any atom is -0.394 e. The fourth-order valence-electron chi connectivity index (χ4n) is 4.30. The van der Waals surface area contributed by atoms with Crippen LogP contribution in [0.5, 0.6) is 0 Å². The third kappa shape index (κ3) is 69.8. The molecular formula is C43H90O22. The molecule has 0 aliphatic heterocycles. The summed E-state index contributed by atoms with van der Waals surface area (Å²) in [5.41, 5.74) is 0. The summed E-state index contributed by atoms with van der Waals surface area (Å²) in [5, 5.41) is 17.1. The first kappa shape index (κ1) is 66.2. The molecule has 0 radical (unpaired) electrons. The fraction of sp³-hybridized carbons (Fsp3) is 1.00. The Hall–Kier alpha value is -0.880. The molecule has 0 amide bonds. The van der Waals surface area contributed by atoms with Crippen LogP contribution in [0, 0.1) is 0 Å². The van der Waals surface area contributed by atoms with Crippen molar-refractivity contribution < 1.29 is 105 Å². The van der Waals surface area contributed by atoms with E-state index in [4.69, 9.17) is 105 Å². The van der Waals surface area contributed by atoms with Crippen LogP contribution in [0.15, 0.2) is 0 Å². The molecule has 0 aliphatic carbocycles. The molecule has 0 unspecified atom stereocenters. The Labute approximate surface area is 389 Å². The third-order valence-electron chi connectivity index (χ3n) is 7.49. The van der Waals surface area contributed by atoms with Gasteiger partial charge in [0.05, 0.1) is 251 Å². The van der Waals surface area contributed by atoms with Crippen LogP contribution in [0.2, 0.25) is 0 Å². The lowest BCUT2D eigenvalue weighted by atomic mass is 10.5. The summed E-state index contributed by atoms with van der Waals surface area (Å²) in [6.07, 6.45) is 0.899. The van der Waals surface area contributed by atoms with E-state index in [0.717, 1.165) is 13.0 Å². The molecule has 22 nitrogen and oxygen atoms in total. The van der Waals surface area contributed by atoms with Crippen LogP contribution in [0.25, 0.3) is 0 Å². The normalized spacial score (nSPS) is 11.4. The molecule has 0 aromatic heterocycles. The molecule has 0 saturated carbocycles. The lowest BCUT2D eigenvalue weighted by molar-refractivity contribution is -0.0263. The Morgan fingerprint density at radius 1 is 0.169 bits per heavy atom. The van der Waals surface area contributed by atoms with E-state index >= 15 is 0 Å². The molecule has 0 bridgehead atoms. The van der Waals surface area contributed by atoms with E-state index in [2.05, 4.69) is 0 Å². The van der Waals surface area contributed by atoms with Crippen LogP contribution in [-0.4, -0.2) is 289 Å². The molecule has 0 aliphatic rings. The van der Waals surface area contributed by atoms with Gasteiger partial charge in [-0.05, 0) is 6.42 Å². The molecular weight excluding hydrogens is 868 g/mol. The van der Waals surface area contributed by atoms with Crippen molar-refractivity contribution in [1.82, 2.24) is 0 Å². The Morgan fingerprint density at radius 3 is 0.462 bits per heavy atom. The topological polar surface area (TPSA) is 225 Å². The first-order valence-corrected chi connectivity index (χ1v) is 22.9. The summed E-state index contributed by atoms with van der Waals surface area (Å²) in [6.45, 7) is 20.1. The molecule has 0 fully saturated rings. The second kappa shape index (κ2) is 67.4. The second-order valence-electron chi connectivity index (χ2n) is 12.8. The highest BCUT2D eigenvalue weighted by molar-refractivity contribution is 4.41. The molecule has 0 heterocycles. The Bertz CT molecular complexity index is 724. The van der Waals surface area contributed by atoms with E-state index in [0.29, 0.717) is 244 Å². The smallest absolute Gasteiger partial charge is 0.0701 e. The molecule has 0 aromatic carbocycles. The molecule has 0 rings (SSSR count). The SMILES string of the molecule is COCCCOCCOCCOCCOCCOCCOCCOCCOCCOCCO.COCCOCCOCCOCCOCCOCCOCCOCCOCCOCCO. The first-order chi connectivity index (χ1) is 32.3. The van der Waals surface area contributed by atoms with Crippen LogP contribution < -0.4 is 0 Å². The fourth-order valence-corrected chi connectivity index (χ4v) is 4.30. The van der Waals surface area contributed by atoms with Gasteiger partial charge in [0.1, 0.15) is 0 Å². The van der Waals surface area contributed by atoms with E-state index in [-0.39, 0.29) is 13.2 Å². The quantitative estimate of drug-likeness (QED) is 0.0762. The van der Waals surface area contributed by atoms with Crippen molar-refractivity contribution >= 4 is 0 Å². The maximum Gasteiger partial charge on any atom is 0.0701 e. The number of aliphatic hydroxyl groups excluding tert-OH is 2. The van der Waals surface area contributed by atoms with Gasteiger partial charge in [-0.15, -0.1) is 0 Å². The Balaban J connectivity index is 0. The highest BCUT2D eigenvalue weighted by atomic mass is 16.6. The second-order valence-corrected chi connectivity index (χ2v) is 12.8. The number of aliphatic hydroxyl groups is 2. The van der Waals surface area contributed by atoms with Crippen molar-refractivity contribution in [3.8, 4) is 0 Å². The van der Waals surface area contributed by atoms with Crippen molar-refractivity contribution in [3.63, 3.8) is 0 Å². The summed E-state index contributed by atoms with van der Waals surface area (Å²) >= 11 is 0. The van der Waals surface area contributed by atoms with Gasteiger partial charge in [-0.1, -0.05) is 0 Å². The van der Waals surface area contributed by atoms with Crippen molar-refractivity contribution in [2.75, 3.05) is 278 Å². The predicted molar refractivity (Wildman–Crippen MR) is 237 cm³/mol. The zero-order chi connectivity index (χ0) is 47.1. The lowest BCUT2D eigenvalue weighted by Crippen LogP contribution is -2.15. The van der Waals surface area contributed by atoms with E-state index in [1.54, 1.807) is 14.2 Å². The first-order valence-electron chi connectivity index (χ1n) is 22.9. The molecule has 0 atom stereocenters. The largest absolute Gasteiger partial charge is 0.394 e. The van der Waals surface area contributed by atoms with Gasteiger partial charge >= 0.3 is 0 Å². The minimum absolute atomic E-state index is 0.0301. The van der Waals surface area contributed by atoms with Crippen molar-refractivity contribution in [1.29, 1.82) is 0 Å². The van der Waals surface area contributed by atoms with Gasteiger partial charge < -0.3 is 105 Å². The number of methoxy groups -OCH3 is 2. The highest BCUT2D eigenvalue weighted by Crippen LogP contribution is 1.89. The Morgan fingerprint density at radius 2 is 0.308 bits per heavy atom. The van der Waals surface area contributed by atoms with Gasteiger partial charge in [0.15, 0.2) is 0 Å². The van der Waals surface area contributed by atoms with Crippen LogP contribution in [0.4, 0.5) is 0 Å². The summed E-state index contributed by atoms with van der Waals surface area (Å²) < 4.78 is 106. The monoisotopic (exact) mass is 959 g/mol. The molecule has 65 heavy (non-hydrogen) atoms.